The number of hydrogen-bond acceptors (Lipinski definition) is 1. The topological polar surface area (TPSA) is 17.1 Å². The van der Waals surface area contributed by atoms with Crippen LogP contribution in [0.15, 0.2) is 0 Å². The monoisotopic (exact) mass is 439 g/mol. The van der Waals surface area contributed by atoms with Gasteiger partial charge in [0.1, 0.15) is 5.78 Å². The second-order valence-corrected chi connectivity index (χ2v) is 8.34. The van der Waals surface area contributed by atoms with E-state index in [-0.39, 0.29) is 55.2 Å². The van der Waals surface area contributed by atoms with Gasteiger partial charge >= 0.3 is 0 Å². The molecule has 1 unspecified atom stereocenters. The van der Waals surface area contributed by atoms with Crippen molar-refractivity contribution >= 4 is 5.78 Å². The average molecular weight is 440 g/mol. The minimum absolute atomic E-state index is 0. The number of carbonyl (C=O) groups excluding carboxylic acids is 1. The third kappa shape index (κ3) is 24.3. The van der Waals surface area contributed by atoms with E-state index >= 15 is 0 Å². The molecule has 1 aliphatic rings. The summed E-state index contributed by atoms with van der Waals surface area (Å²) >= 11 is 0. The van der Waals surface area contributed by atoms with Crippen LogP contribution < -0.4 is 0 Å². The number of rotatable bonds is 2. The molecule has 1 aliphatic carbocycles. The predicted molar refractivity (Wildman–Crippen MR) is 115 cm³/mol. The van der Waals surface area contributed by atoms with Crippen LogP contribution in [0.3, 0.4) is 0 Å². The normalized spacial score (nSPS) is 14.4. The van der Waals surface area contributed by atoms with Gasteiger partial charge in [-0.25, -0.2) is 0 Å². The minimum Gasteiger partial charge on any atom is -0.346 e. The summed E-state index contributed by atoms with van der Waals surface area (Å²) in [7, 11) is 0. The average Bonchev–Trinajstić information content (AvgIpc) is 2.48. The fourth-order valence-corrected chi connectivity index (χ4v) is 2.40. The Balaban J connectivity index is -0.000000160. The van der Waals surface area contributed by atoms with Crippen molar-refractivity contribution in [2.24, 2.45) is 16.7 Å². The first kappa shape index (κ1) is 33.9. The molecule has 0 aromatic rings. The molecule has 0 saturated heterocycles. The van der Waals surface area contributed by atoms with E-state index in [2.05, 4.69) is 46.5 Å². The van der Waals surface area contributed by atoms with Crippen molar-refractivity contribution < 1.29 is 37.5 Å². The van der Waals surface area contributed by atoms with Gasteiger partial charge in [-0.2, -0.15) is 6.92 Å². The Hall–Kier alpha value is 0.334. The van der Waals surface area contributed by atoms with Gasteiger partial charge in [0.05, 0.1) is 0 Å². The Morgan fingerprint density at radius 3 is 1.50 bits per heavy atom. The summed E-state index contributed by atoms with van der Waals surface area (Å²) in [6, 6.07) is 0. The van der Waals surface area contributed by atoms with Crippen molar-refractivity contribution in [3.63, 3.8) is 0 Å². The zero-order chi connectivity index (χ0) is 20.5. The largest absolute Gasteiger partial charge is 0.346 e. The summed E-state index contributed by atoms with van der Waals surface area (Å²) in [6.07, 6.45) is 8.59. The van der Waals surface area contributed by atoms with Crippen molar-refractivity contribution in [2.45, 2.75) is 107 Å². The summed E-state index contributed by atoms with van der Waals surface area (Å²) in [6.45, 7) is 25.2. The van der Waals surface area contributed by atoms with Crippen molar-refractivity contribution in [1.29, 1.82) is 0 Å². The van der Waals surface area contributed by atoms with Crippen LogP contribution in [0.1, 0.15) is 107 Å². The Morgan fingerprint density at radius 2 is 1.23 bits per heavy atom. The Morgan fingerprint density at radius 1 is 0.885 bits per heavy atom. The second kappa shape index (κ2) is 20.1. The van der Waals surface area contributed by atoms with Gasteiger partial charge in [0.25, 0.3) is 0 Å². The summed E-state index contributed by atoms with van der Waals surface area (Å²) in [4.78, 5) is 11.8. The van der Waals surface area contributed by atoms with Crippen LogP contribution >= 0.6 is 0 Å². The molecule has 26 heavy (non-hydrogen) atoms. The van der Waals surface area contributed by atoms with Crippen molar-refractivity contribution in [3.05, 3.63) is 13.8 Å². The first-order valence-corrected chi connectivity index (χ1v) is 10.1. The molecular weight excluding hydrogens is 393 g/mol. The maximum Gasteiger partial charge on any atom is 0.111 e. The third-order valence-corrected chi connectivity index (χ3v) is 3.45. The maximum absolute atomic E-state index is 11.8. The van der Waals surface area contributed by atoms with Gasteiger partial charge in [-0.05, 0) is 18.3 Å². The molecule has 1 nitrogen and oxygen atoms in total. The van der Waals surface area contributed by atoms with E-state index in [9.17, 15) is 4.79 Å². The van der Waals surface area contributed by atoms with E-state index in [0.717, 1.165) is 19.3 Å². The smallest absolute Gasteiger partial charge is 0.111 e. The molecule has 1 radical (unpaired) electrons. The third-order valence-electron chi connectivity index (χ3n) is 3.45. The molecule has 0 fully saturated rings. The standard InChI is InChI=1S/C12H23O.C8H12.C2H6.C2H5.Y/c1-9(8-11(2,3)4)10(13)12(5,6)7;1-2-4-6-8-7-5-3-1;2*1-2;/h9H,1,8H2,2-7H3;1-6H2;1-2H3;1H2,2H3;/q-1;;;-1;. The molecule has 0 bridgehead atoms. The molecule has 0 heterocycles. The van der Waals surface area contributed by atoms with Crippen LogP contribution in [-0.4, -0.2) is 5.78 Å². The number of Topliss-reactive ketones (excluding diaryl/α,β-unsaturated/α-hetero) is 1. The molecule has 0 N–H and O–H groups in total. The van der Waals surface area contributed by atoms with Crippen LogP contribution in [0.25, 0.3) is 0 Å². The number of hydrogen-bond donors (Lipinski definition) is 0. The summed E-state index contributed by atoms with van der Waals surface area (Å²) in [5, 5.41) is 0. The van der Waals surface area contributed by atoms with E-state index in [4.69, 9.17) is 0 Å². The minimum atomic E-state index is -0.252. The summed E-state index contributed by atoms with van der Waals surface area (Å²) < 4.78 is 0. The van der Waals surface area contributed by atoms with Crippen LogP contribution in [0.5, 0.6) is 0 Å². The zero-order valence-electron chi connectivity index (χ0n) is 19.4. The van der Waals surface area contributed by atoms with Crippen LogP contribution in [0, 0.1) is 42.4 Å². The fourth-order valence-electron chi connectivity index (χ4n) is 2.40. The molecule has 0 aromatic carbocycles. The summed E-state index contributed by atoms with van der Waals surface area (Å²) in [5.74, 6) is 6.47. The zero-order valence-corrected chi connectivity index (χ0v) is 22.3. The van der Waals surface area contributed by atoms with E-state index in [0.29, 0.717) is 0 Å². The number of carbonyl (C=O) groups is 1. The Labute approximate surface area is 192 Å². The first-order chi connectivity index (χ1) is 11.5. The van der Waals surface area contributed by atoms with Crippen LogP contribution in [0.4, 0.5) is 0 Å². The first-order valence-electron chi connectivity index (χ1n) is 10.1. The molecule has 153 valence electrons. The van der Waals surface area contributed by atoms with Crippen LogP contribution in [-0.2, 0) is 37.5 Å². The van der Waals surface area contributed by atoms with Gasteiger partial charge < -0.3 is 18.6 Å². The van der Waals surface area contributed by atoms with E-state index < -0.39 is 0 Å². The molecule has 0 spiro atoms. The Kier molecular flexibility index (Phi) is 26.2. The van der Waals surface area contributed by atoms with Gasteiger partial charge in [0.15, 0.2) is 0 Å². The second-order valence-electron chi connectivity index (χ2n) is 8.34. The van der Waals surface area contributed by atoms with Crippen molar-refractivity contribution in [3.8, 4) is 11.8 Å². The fraction of sp³-hybridized carbons (Fsp3) is 0.792. The van der Waals surface area contributed by atoms with E-state index in [1.54, 1.807) is 6.92 Å². The molecule has 1 atom stereocenters. The van der Waals surface area contributed by atoms with Gasteiger partial charge in [0.2, 0.25) is 0 Å². The Bertz CT molecular complexity index is 348. The van der Waals surface area contributed by atoms with Gasteiger partial charge in [0, 0.05) is 51.0 Å². The van der Waals surface area contributed by atoms with Gasteiger partial charge in [-0.15, -0.1) is 17.8 Å². The van der Waals surface area contributed by atoms with Gasteiger partial charge in [-0.1, -0.05) is 74.7 Å². The molecule has 1 rings (SSSR count). The molecule has 0 saturated carbocycles. The van der Waals surface area contributed by atoms with Crippen molar-refractivity contribution in [1.82, 2.24) is 0 Å². The molecule has 0 aromatic heterocycles. The number of ketones is 1. The SMILES string of the molecule is C1#CCCCCCC1.CC.[CH2-]C.[CH2-]C(CC(C)(C)C)C(=O)C(C)(C)C.[Y]. The van der Waals surface area contributed by atoms with E-state index in [1.807, 2.05) is 34.6 Å². The van der Waals surface area contributed by atoms with Gasteiger partial charge in [-0.3, -0.25) is 0 Å². The molecule has 0 aliphatic heterocycles. The molecule has 2 heteroatoms. The summed E-state index contributed by atoms with van der Waals surface area (Å²) in [5.41, 5.74) is -0.0645. The van der Waals surface area contributed by atoms with Crippen molar-refractivity contribution in [2.75, 3.05) is 0 Å². The molecule has 0 amide bonds. The quantitative estimate of drug-likeness (QED) is 0.318. The molecular formula is C24H46OY-2. The van der Waals surface area contributed by atoms with Crippen LogP contribution in [0.2, 0.25) is 0 Å². The van der Waals surface area contributed by atoms with E-state index in [1.165, 1.54) is 25.7 Å². The predicted octanol–water partition coefficient (Wildman–Crippen LogP) is 7.70. The maximum atomic E-state index is 11.8.